The van der Waals surface area contributed by atoms with Crippen LogP contribution in [0.1, 0.15) is 11.1 Å². The lowest BCUT2D eigenvalue weighted by atomic mass is 10.0. The van der Waals surface area contributed by atoms with Gasteiger partial charge in [-0.2, -0.15) is 0 Å². The molecule has 18 heavy (non-hydrogen) atoms. The van der Waals surface area contributed by atoms with Crippen molar-refractivity contribution in [1.82, 2.24) is 4.98 Å². The zero-order valence-electron chi connectivity index (χ0n) is 10.2. The Bertz CT molecular complexity index is 569. The molecule has 0 unspecified atom stereocenters. The Balaban J connectivity index is 2.33. The molecule has 1 heterocycles. The smallest absolute Gasteiger partial charge is 0.149 e. The van der Waals surface area contributed by atoms with E-state index in [4.69, 9.17) is 21.9 Å². The van der Waals surface area contributed by atoms with Gasteiger partial charge in [-0.1, -0.05) is 12.1 Å². The van der Waals surface area contributed by atoms with Gasteiger partial charge in [-0.15, -0.1) is 0 Å². The van der Waals surface area contributed by atoms with Crippen LogP contribution in [0.5, 0.6) is 5.75 Å². The summed E-state index contributed by atoms with van der Waals surface area (Å²) in [5.41, 5.74) is 19.7. The van der Waals surface area contributed by atoms with Crippen LogP contribution in [0.3, 0.4) is 0 Å². The molecule has 2 rings (SSSR count). The number of ether oxygens (including phenoxy) is 1. The van der Waals surface area contributed by atoms with Crippen LogP contribution in [0.15, 0.2) is 30.3 Å². The van der Waals surface area contributed by atoms with Crippen molar-refractivity contribution in [3.63, 3.8) is 0 Å². The van der Waals surface area contributed by atoms with E-state index in [1.165, 1.54) is 0 Å². The number of nitrogens with two attached hydrogens (primary N) is 3. The molecule has 0 saturated heterocycles. The van der Waals surface area contributed by atoms with Gasteiger partial charge in [0.25, 0.3) is 0 Å². The Morgan fingerprint density at radius 2 is 1.94 bits per heavy atom. The predicted octanol–water partition coefficient (Wildman–Crippen LogP) is 1.43. The van der Waals surface area contributed by atoms with Crippen LogP contribution in [0.4, 0.5) is 17.3 Å². The maximum absolute atomic E-state index is 5.90. The van der Waals surface area contributed by atoms with Gasteiger partial charge in [-0.05, 0) is 35.7 Å². The zero-order valence-corrected chi connectivity index (χ0v) is 10.2. The lowest BCUT2D eigenvalue weighted by Gasteiger charge is -2.09. The van der Waals surface area contributed by atoms with Gasteiger partial charge in [0.2, 0.25) is 0 Å². The number of pyridine rings is 1. The van der Waals surface area contributed by atoms with Crippen LogP contribution in [-0.4, -0.2) is 12.1 Å². The van der Waals surface area contributed by atoms with Crippen molar-refractivity contribution in [2.24, 2.45) is 0 Å². The molecule has 0 fully saturated rings. The third-order valence-corrected chi connectivity index (χ3v) is 2.72. The number of rotatable bonds is 3. The molecular formula is C13H16N4O. The molecule has 0 spiro atoms. The van der Waals surface area contributed by atoms with E-state index in [0.29, 0.717) is 17.9 Å². The van der Waals surface area contributed by atoms with Gasteiger partial charge in [0, 0.05) is 0 Å². The van der Waals surface area contributed by atoms with E-state index in [1.807, 2.05) is 24.3 Å². The molecule has 1 aromatic heterocycles. The van der Waals surface area contributed by atoms with E-state index in [9.17, 15) is 0 Å². The summed E-state index contributed by atoms with van der Waals surface area (Å²) in [6, 6.07) is 9.51. The van der Waals surface area contributed by atoms with Crippen LogP contribution in [0.25, 0.3) is 0 Å². The van der Waals surface area contributed by atoms with E-state index >= 15 is 0 Å². The quantitative estimate of drug-likeness (QED) is 0.758. The lowest BCUT2D eigenvalue weighted by molar-refractivity contribution is 0.414. The van der Waals surface area contributed by atoms with Crippen molar-refractivity contribution in [2.45, 2.75) is 6.42 Å². The highest BCUT2D eigenvalue weighted by molar-refractivity contribution is 5.67. The predicted molar refractivity (Wildman–Crippen MR) is 73.3 cm³/mol. The summed E-state index contributed by atoms with van der Waals surface area (Å²) in [4.78, 5) is 3.92. The normalized spacial score (nSPS) is 10.3. The van der Waals surface area contributed by atoms with Crippen molar-refractivity contribution in [2.75, 3.05) is 24.3 Å². The van der Waals surface area contributed by atoms with Crippen molar-refractivity contribution >= 4 is 17.3 Å². The highest BCUT2D eigenvalue weighted by Crippen LogP contribution is 2.24. The summed E-state index contributed by atoms with van der Waals surface area (Å²) in [6.45, 7) is 0. The maximum atomic E-state index is 5.90. The highest BCUT2D eigenvalue weighted by atomic mass is 16.5. The molecule has 0 atom stereocenters. The van der Waals surface area contributed by atoms with E-state index in [2.05, 4.69) is 4.98 Å². The van der Waals surface area contributed by atoms with Gasteiger partial charge in [-0.3, -0.25) is 0 Å². The van der Waals surface area contributed by atoms with Gasteiger partial charge < -0.3 is 21.9 Å². The Kier molecular flexibility index (Phi) is 3.23. The summed E-state index contributed by atoms with van der Waals surface area (Å²) in [5, 5.41) is 0. The fraction of sp³-hybridized carbons (Fsp3) is 0.154. The van der Waals surface area contributed by atoms with Gasteiger partial charge >= 0.3 is 0 Å². The van der Waals surface area contributed by atoms with Crippen LogP contribution < -0.4 is 21.9 Å². The fourth-order valence-corrected chi connectivity index (χ4v) is 1.80. The first-order valence-corrected chi connectivity index (χ1v) is 5.53. The molecule has 6 N–H and O–H groups in total. The minimum atomic E-state index is 0.271. The highest BCUT2D eigenvalue weighted by Gasteiger charge is 2.07. The van der Waals surface area contributed by atoms with Crippen LogP contribution in [0, 0.1) is 0 Å². The molecule has 1 aromatic carbocycles. The molecule has 0 radical (unpaired) electrons. The van der Waals surface area contributed by atoms with E-state index in [1.54, 1.807) is 13.2 Å². The largest absolute Gasteiger partial charge is 0.497 e. The molecule has 0 saturated carbocycles. The monoisotopic (exact) mass is 244 g/mol. The molecule has 0 bridgehead atoms. The van der Waals surface area contributed by atoms with Gasteiger partial charge in [0.05, 0.1) is 12.8 Å². The van der Waals surface area contributed by atoms with Gasteiger partial charge in [-0.25, -0.2) is 4.98 Å². The molecule has 0 amide bonds. The van der Waals surface area contributed by atoms with Crippen molar-refractivity contribution in [3.8, 4) is 5.75 Å². The second-order valence-corrected chi connectivity index (χ2v) is 4.03. The van der Waals surface area contributed by atoms with Crippen molar-refractivity contribution in [3.05, 3.63) is 41.5 Å². The second kappa shape index (κ2) is 4.83. The average Bonchev–Trinajstić information content (AvgIpc) is 2.35. The summed E-state index contributed by atoms with van der Waals surface area (Å²) >= 11 is 0. The second-order valence-electron chi connectivity index (χ2n) is 4.03. The van der Waals surface area contributed by atoms with Crippen LogP contribution in [-0.2, 0) is 6.42 Å². The molecule has 0 aliphatic heterocycles. The number of aromatic nitrogens is 1. The Labute approximate surface area is 106 Å². The molecular weight excluding hydrogens is 228 g/mol. The third-order valence-electron chi connectivity index (χ3n) is 2.72. The van der Waals surface area contributed by atoms with E-state index in [0.717, 1.165) is 16.9 Å². The third kappa shape index (κ3) is 2.45. The molecule has 0 aliphatic rings. The van der Waals surface area contributed by atoms with E-state index < -0.39 is 0 Å². The molecule has 0 aliphatic carbocycles. The van der Waals surface area contributed by atoms with Gasteiger partial charge in [0.1, 0.15) is 17.4 Å². The molecule has 2 aromatic rings. The standard InChI is InChI=1S/C13H16N4O/c1-18-10-4-2-3-8(6-10)5-9-7-11(14)17-13(16)12(9)15/h2-4,6-7H,5,15H2,1H3,(H4,14,16,17). The maximum Gasteiger partial charge on any atom is 0.149 e. The van der Waals surface area contributed by atoms with Crippen LogP contribution >= 0.6 is 0 Å². The van der Waals surface area contributed by atoms with Crippen LogP contribution in [0.2, 0.25) is 0 Å². The minimum absolute atomic E-state index is 0.271. The Hall–Kier alpha value is -2.43. The number of benzene rings is 1. The number of anilines is 3. The number of hydrogen-bond donors (Lipinski definition) is 3. The fourth-order valence-electron chi connectivity index (χ4n) is 1.80. The van der Waals surface area contributed by atoms with Crippen molar-refractivity contribution in [1.29, 1.82) is 0 Å². The number of nitrogen functional groups attached to an aromatic ring is 3. The first kappa shape index (κ1) is 12.0. The first-order chi connectivity index (χ1) is 8.60. The summed E-state index contributed by atoms with van der Waals surface area (Å²) in [6.07, 6.45) is 0.639. The summed E-state index contributed by atoms with van der Waals surface area (Å²) in [5.74, 6) is 1.45. The number of hydrogen-bond acceptors (Lipinski definition) is 5. The lowest BCUT2D eigenvalue weighted by Crippen LogP contribution is -2.05. The average molecular weight is 244 g/mol. The zero-order chi connectivity index (χ0) is 13.1. The van der Waals surface area contributed by atoms with E-state index in [-0.39, 0.29) is 5.82 Å². The first-order valence-electron chi connectivity index (χ1n) is 5.53. The number of methoxy groups -OCH3 is 1. The summed E-state index contributed by atoms with van der Waals surface area (Å²) in [7, 11) is 1.63. The molecule has 5 heteroatoms. The summed E-state index contributed by atoms with van der Waals surface area (Å²) < 4.78 is 5.18. The number of nitrogens with zero attached hydrogens (tertiary/aromatic N) is 1. The Morgan fingerprint density at radius 3 is 2.67 bits per heavy atom. The minimum Gasteiger partial charge on any atom is -0.497 e. The molecule has 5 nitrogen and oxygen atoms in total. The molecule has 94 valence electrons. The Morgan fingerprint density at radius 1 is 1.17 bits per heavy atom. The van der Waals surface area contributed by atoms with Crippen molar-refractivity contribution < 1.29 is 4.74 Å². The topological polar surface area (TPSA) is 100 Å². The van der Waals surface area contributed by atoms with Gasteiger partial charge in [0.15, 0.2) is 0 Å². The SMILES string of the molecule is COc1cccc(Cc2cc(N)nc(N)c2N)c1.